The molecule has 2 N–H and O–H groups in total. The van der Waals surface area contributed by atoms with E-state index in [4.69, 9.17) is 10.2 Å². The quantitative estimate of drug-likeness (QED) is 0.449. The number of hydrogen-bond donors (Lipinski definition) is 2. The average molecular weight is 300 g/mol. The minimum atomic E-state index is -0.777. The molecular formula is C17H32O4. The van der Waals surface area contributed by atoms with E-state index >= 15 is 0 Å². The van der Waals surface area contributed by atoms with Crippen LogP contribution in [-0.2, 0) is 9.59 Å². The van der Waals surface area contributed by atoms with Crippen LogP contribution < -0.4 is 0 Å². The first-order chi connectivity index (χ1) is 9.95. The van der Waals surface area contributed by atoms with Crippen LogP contribution in [0.25, 0.3) is 0 Å². The van der Waals surface area contributed by atoms with Gasteiger partial charge in [-0.05, 0) is 31.1 Å². The second-order valence-corrected chi connectivity index (χ2v) is 6.20. The number of rotatable bonds is 14. The Bertz CT molecular complexity index is 269. The van der Waals surface area contributed by atoms with Crippen LogP contribution in [0.4, 0.5) is 0 Å². The van der Waals surface area contributed by atoms with Crippen LogP contribution >= 0.6 is 0 Å². The van der Waals surface area contributed by atoms with Gasteiger partial charge >= 0.3 is 11.9 Å². The summed E-state index contributed by atoms with van der Waals surface area (Å²) >= 11 is 0. The van der Waals surface area contributed by atoms with Crippen molar-refractivity contribution in [3.05, 3.63) is 0 Å². The van der Waals surface area contributed by atoms with Gasteiger partial charge in [-0.15, -0.1) is 0 Å². The number of aliphatic carboxylic acids is 2. The van der Waals surface area contributed by atoms with Crippen molar-refractivity contribution in [2.75, 3.05) is 0 Å². The summed E-state index contributed by atoms with van der Waals surface area (Å²) in [5.41, 5.74) is -0.0961. The van der Waals surface area contributed by atoms with Crippen molar-refractivity contribution in [1.82, 2.24) is 0 Å². The Morgan fingerprint density at radius 3 is 1.38 bits per heavy atom. The van der Waals surface area contributed by atoms with E-state index in [1.165, 1.54) is 0 Å². The highest BCUT2D eigenvalue weighted by Crippen LogP contribution is 2.40. The molecule has 0 saturated heterocycles. The molecular weight excluding hydrogens is 268 g/mol. The number of carboxylic acids is 2. The molecule has 21 heavy (non-hydrogen) atoms. The van der Waals surface area contributed by atoms with Gasteiger partial charge in [-0.25, -0.2) is 0 Å². The summed E-state index contributed by atoms with van der Waals surface area (Å²) in [4.78, 5) is 21.9. The zero-order valence-corrected chi connectivity index (χ0v) is 13.7. The third-order valence-corrected chi connectivity index (χ3v) is 4.36. The molecule has 4 nitrogen and oxygen atoms in total. The molecule has 0 aromatic rings. The normalized spacial score (nSPS) is 11.5. The summed E-state index contributed by atoms with van der Waals surface area (Å²) in [6.07, 6.45) is 10.1. The molecule has 0 radical (unpaired) electrons. The lowest BCUT2D eigenvalue weighted by Crippen LogP contribution is -2.24. The molecule has 0 atom stereocenters. The van der Waals surface area contributed by atoms with E-state index in [1.54, 1.807) is 0 Å². The molecule has 124 valence electrons. The maximum Gasteiger partial charge on any atom is 0.303 e. The van der Waals surface area contributed by atoms with Crippen LogP contribution in [0.2, 0.25) is 0 Å². The monoisotopic (exact) mass is 300 g/mol. The maximum absolute atomic E-state index is 10.9. The van der Waals surface area contributed by atoms with Gasteiger partial charge in [0, 0.05) is 12.8 Å². The van der Waals surface area contributed by atoms with Crippen LogP contribution in [0.5, 0.6) is 0 Å². The summed E-state index contributed by atoms with van der Waals surface area (Å²) in [7, 11) is 0. The van der Waals surface area contributed by atoms with Crippen LogP contribution in [0.3, 0.4) is 0 Å². The zero-order chi connectivity index (χ0) is 16.1. The zero-order valence-electron chi connectivity index (χ0n) is 13.7. The minimum Gasteiger partial charge on any atom is -0.481 e. The first-order valence-corrected chi connectivity index (χ1v) is 8.39. The fourth-order valence-electron chi connectivity index (χ4n) is 2.99. The van der Waals surface area contributed by atoms with Crippen molar-refractivity contribution in [3.8, 4) is 0 Å². The van der Waals surface area contributed by atoms with Crippen molar-refractivity contribution < 1.29 is 19.8 Å². The molecule has 0 aliphatic heterocycles. The molecule has 0 aliphatic carbocycles. The molecule has 0 heterocycles. The lowest BCUT2D eigenvalue weighted by Gasteiger charge is -2.34. The predicted octanol–water partition coefficient (Wildman–Crippen LogP) is 4.86. The van der Waals surface area contributed by atoms with Crippen LogP contribution in [0.1, 0.15) is 90.9 Å². The molecule has 0 aliphatic rings. The fraction of sp³-hybridized carbons (Fsp3) is 0.882. The van der Waals surface area contributed by atoms with E-state index in [9.17, 15) is 9.59 Å². The van der Waals surface area contributed by atoms with Crippen LogP contribution in [-0.4, -0.2) is 22.2 Å². The van der Waals surface area contributed by atoms with Gasteiger partial charge in [0.25, 0.3) is 0 Å². The molecule has 4 heteroatoms. The summed E-state index contributed by atoms with van der Waals surface area (Å²) in [5.74, 6) is -1.55. The Kier molecular flexibility index (Phi) is 11.0. The minimum absolute atomic E-state index is 0.0961. The summed E-state index contributed by atoms with van der Waals surface area (Å²) in [5, 5.41) is 18.0. The summed E-state index contributed by atoms with van der Waals surface area (Å²) < 4.78 is 0. The predicted molar refractivity (Wildman–Crippen MR) is 84.5 cm³/mol. The lowest BCUT2D eigenvalue weighted by molar-refractivity contribution is -0.138. The topological polar surface area (TPSA) is 74.6 Å². The highest BCUT2D eigenvalue weighted by atomic mass is 16.4. The third kappa shape index (κ3) is 10.3. The summed E-state index contributed by atoms with van der Waals surface area (Å²) in [6, 6.07) is 0. The second-order valence-electron chi connectivity index (χ2n) is 6.20. The average Bonchev–Trinajstić information content (AvgIpc) is 2.43. The van der Waals surface area contributed by atoms with Crippen molar-refractivity contribution >= 4 is 11.9 Å². The fourth-order valence-corrected chi connectivity index (χ4v) is 2.99. The number of hydrogen-bond acceptors (Lipinski definition) is 2. The Labute approximate surface area is 128 Å². The SMILES string of the molecule is CCCCCC(CCCCC)(CCC(=O)O)CCC(=O)O. The van der Waals surface area contributed by atoms with Crippen LogP contribution in [0, 0.1) is 5.41 Å². The molecule has 0 rings (SSSR count). The van der Waals surface area contributed by atoms with Gasteiger partial charge in [-0.1, -0.05) is 52.4 Å². The first-order valence-electron chi connectivity index (χ1n) is 8.39. The van der Waals surface area contributed by atoms with Gasteiger partial charge in [-0.2, -0.15) is 0 Å². The maximum atomic E-state index is 10.9. The second kappa shape index (κ2) is 11.6. The Morgan fingerprint density at radius 2 is 1.10 bits per heavy atom. The third-order valence-electron chi connectivity index (χ3n) is 4.36. The Balaban J connectivity index is 4.76. The number of unbranched alkanes of at least 4 members (excludes halogenated alkanes) is 4. The van der Waals surface area contributed by atoms with E-state index < -0.39 is 11.9 Å². The van der Waals surface area contributed by atoms with Gasteiger partial charge in [0.05, 0.1) is 0 Å². The van der Waals surface area contributed by atoms with Gasteiger partial charge in [0.15, 0.2) is 0 Å². The van der Waals surface area contributed by atoms with Crippen molar-refractivity contribution in [2.45, 2.75) is 90.9 Å². The summed E-state index contributed by atoms with van der Waals surface area (Å²) in [6.45, 7) is 4.29. The standard InChI is InChI=1S/C17H32O4/c1-3-5-7-11-17(12-8-6-4-2,13-9-15(18)19)14-10-16(20)21/h3-14H2,1-2H3,(H,18,19)(H,20,21). The van der Waals surface area contributed by atoms with E-state index in [2.05, 4.69) is 13.8 Å². The Hall–Kier alpha value is -1.06. The largest absolute Gasteiger partial charge is 0.481 e. The molecule has 0 amide bonds. The number of carbonyl (C=O) groups is 2. The van der Waals surface area contributed by atoms with E-state index in [-0.39, 0.29) is 18.3 Å². The van der Waals surface area contributed by atoms with E-state index in [0.29, 0.717) is 12.8 Å². The highest BCUT2D eigenvalue weighted by Gasteiger charge is 2.30. The van der Waals surface area contributed by atoms with Gasteiger partial charge in [-0.3, -0.25) is 9.59 Å². The van der Waals surface area contributed by atoms with Crippen molar-refractivity contribution in [3.63, 3.8) is 0 Å². The van der Waals surface area contributed by atoms with Crippen molar-refractivity contribution in [1.29, 1.82) is 0 Å². The molecule has 0 bridgehead atoms. The van der Waals surface area contributed by atoms with Crippen molar-refractivity contribution in [2.24, 2.45) is 5.41 Å². The molecule has 0 aromatic carbocycles. The van der Waals surface area contributed by atoms with E-state index in [0.717, 1.165) is 51.4 Å². The van der Waals surface area contributed by atoms with Crippen LogP contribution in [0.15, 0.2) is 0 Å². The van der Waals surface area contributed by atoms with Gasteiger partial charge in [0.2, 0.25) is 0 Å². The molecule has 0 saturated carbocycles. The van der Waals surface area contributed by atoms with Gasteiger partial charge in [0.1, 0.15) is 0 Å². The van der Waals surface area contributed by atoms with E-state index in [1.807, 2.05) is 0 Å². The Morgan fingerprint density at radius 1 is 0.714 bits per heavy atom. The van der Waals surface area contributed by atoms with Gasteiger partial charge < -0.3 is 10.2 Å². The molecule has 0 aromatic heterocycles. The first kappa shape index (κ1) is 19.9. The molecule has 0 unspecified atom stereocenters. The number of carboxylic acid groups (broad SMARTS) is 2. The smallest absolute Gasteiger partial charge is 0.303 e. The molecule has 0 spiro atoms. The molecule has 0 fully saturated rings. The highest BCUT2D eigenvalue weighted by molar-refractivity contribution is 5.67. The lowest BCUT2D eigenvalue weighted by atomic mass is 9.71.